The summed E-state index contributed by atoms with van der Waals surface area (Å²) >= 11 is 0. The van der Waals surface area contributed by atoms with E-state index in [9.17, 15) is 9.11 Å². The summed E-state index contributed by atoms with van der Waals surface area (Å²) in [4.78, 5) is 10.7. The highest BCUT2D eigenvalue weighted by Gasteiger charge is 2.43. The van der Waals surface area contributed by atoms with E-state index in [2.05, 4.69) is 28.0 Å². The van der Waals surface area contributed by atoms with Gasteiger partial charge in [-0.25, -0.2) is 4.98 Å². The van der Waals surface area contributed by atoms with Gasteiger partial charge < -0.3 is 14.7 Å². The van der Waals surface area contributed by atoms with Crippen LogP contribution in [-0.2, 0) is 0 Å². The molecule has 3 fully saturated rings. The van der Waals surface area contributed by atoms with E-state index >= 15 is 0 Å². The minimum Gasteiger partial charge on any atom is -0.354 e. The van der Waals surface area contributed by atoms with Gasteiger partial charge in [-0.3, -0.25) is 13.4 Å². The lowest BCUT2D eigenvalue weighted by Crippen LogP contribution is -2.44. The highest BCUT2D eigenvalue weighted by Crippen LogP contribution is 2.55. The number of nitriles is 1. The molecule has 0 saturated carbocycles. The molecular weight excluding hydrogens is 366 g/mol. The van der Waals surface area contributed by atoms with Crippen molar-refractivity contribution < 1.29 is 9.11 Å². The molecule has 0 spiro atoms. The lowest BCUT2D eigenvalue weighted by atomic mass is 10.2. The Labute approximate surface area is 162 Å². The summed E-state index contributed by atoms with van der Waals surface area (Å²) in [6.45, 7) is 6.20. The lowest BCUT2D eigenvalue weighted by molar-refractivity contribution is 0.310. The van der Waals surface area contributed by atoms with Gasteiger partial charge in [0, 0.05) is 58.1 Å². The molecule has 4 heterocycles. The van der Waals surface area contributed by atoms with E-state index in [0.717, 1.165) is 44.1 Å². The summed E-state index contributed by atoms with van der Waals surface area (Å²) in [5, 5.41) is 9.07. The molecule has 27 heavy (non-hydrogen) atoms. The molecule has 3 aliphatic rings. The van der Waals surface area contributed by atoms with Crippen LogP contribution in [0.25, 0.3) is 0 Å². The Morgan fingerprint density at radius 2 is 1.93 bits per heavy atom. The van der Waals surface area contributed by atoms with Crippen LogP contribution in [0.5, 0.6) is 0 Å². The van der Waals surface area contributed by atoms with Crippen LogP contribution in [0.4, 0.5) is 11.5 Å². The first-order valence-electron chi connectivity index (χ1n) is 9.36. The maximum absolute atomic E-state index is 11.0. The van der Waals surface area contributed by atoms with E-state index in [4.69, 9.17) is 5.26 Å². The minimum absolute atomic E-state index is 0.00131. The molecule has 3 saturated heterocycles. The summed E-state index contributed by atoms with van der Waals surface area (Å²) in [7, 11) is -0.959. The molecular formula is C17H27N7O2S. The van der Waals surface area contributed by atoms with Gasteiger partial charge in [-0.05, 0) is 19.5 Å². The molecule has 1 unspecified atom stereocenters. The second-order valence-electron chi connectivity index (χ2n) is 7.38. The van der Waals surface area contributed by atoms with Crippen molar-refractivity contribution >= 4 is 22.5 Å². The molecule has 148 valence electrons. The van der Waals surface area contributed by atoms with Crippen LogP contribution in [0.1, 0.15) is 6.42 Å². The van der Waals surface area contributed by atoms with Gasteiger partial charge in [0.25, 0.3) is 0 Å². The zero-order valence-electron chi connectivity index (χ0n) is 15.6. The van der Waals surface area contributed by atoms with Crippen molar-refractivity contribution in [2.45, 2.75) is 12.5 Å². The molecule has 4 rings (SSSR count). The number of nitrogens with zero attached hydrogens (tertiary/aromatic N) is 7. The molecule has 0 aromatic carbocycles. The minimum atomic E-state index is -3.08. The van der Waals surface area contributed by atoms with E-state index in [-0.39, 0.29) is 6.04 Å². The fourth-order valence-corrected chi connectivity index (χ4v) is 5.93. The normalized spacial score (nSPS) is 27.8. The first kappa shape index (κ1) is 18.6. The van der Waals surface area contributed by atoms with E-state index < -0.39 is 11.0 Å². The summed E-state index contributed by atoms with van der Waals surface area (Å²) in [6, 6.07) is 3.80. The van der Waals surface area contributed by atoms with Crippen LogP contribution >= 0.6 is 11.0 Å². The van der Waals surface area contributed by atoms with Crippen LogP contribution in [-0.4, -0.2) is 93.6 Å². The number of likely N-dealkylation sites (N-methyl/N-ethyl adjacent to an activating group) is 1. The molecule has 0 aliphatic carbocycles. The molecule has 0 amide bonds. The second kappa shape index (κ2) is 7.33. The van der Waals surface area contributed by atoms with Crippen molar-refractivity contribution in [2.24, 2.45) is 0 Å². The standard InChI is InChI=1S/C17H27N7O2S/c1-20-6-8-22(9-7-20)17-12-15(2-4-19-17)23-10-11-24(27(23,25)26)16-3-5-21(13-16)14-18/h2,4,12,16,25-26H,3,5-11,13H2,1H3. The molecule has 0 bridgehead atoms. The first-order chi connectivity index (χ1) is 13.0. The van der Waals surface area contributed by atoms with Crippen molar-refractivity contribution in [3.05, 3.63) is 18.3 Å². The third-order valence-corrected chi connectivity index (χ3v) is 7.78. The SMILES string of the molecule is CN1CCN(c2cc(N3CCN(C4CCN(C#N)C4)S3(O)O)ccn2)CC1. The topological polar surface area (TPSA) is 93.3 Å². The van der Waals surface area contributed by atoms with Gasteiger partial charge in [0.2, 0.25) is 0 Å². The summed E-state index contributed by atoms with van der Waals surface area (Å²) in [5.74, 6) is 0.880. The van der Waals surface area contributed by atoms with Crippen molar-refractivity contribution in [2.75, 3.05) is 68.6 Å². The molecule has 9 nitrogen and oxygen atoms in total. The van der Waals surface area contributed by atoms with Crippen molar-refractivity contribution in [1.82, 2.24) is 19.1 Å². The number of hydrogen-bond donors (Lipinski definition) is 2. The van der Waals surface area contributed by atoms with Gasteiger partial charge in [-0.2, -0.15) is 9.57 Å². The van der Waals surface area contributed by atoms with Crippen LogP contribution in [0.3, 0.4) is 0 Å². The fourth-order valence-electron chi connectivity index (χ4n) is 4.05. The lowest BCUT2D eigenvalue weighted by Gasteiger charge is -2.45. The molecule has 1 atom stereocenters. The Morgan fingerprint density at radius 1 is 1.15 bits per heavy atom. The molecule has 1 aromatic rings. The number of rotatable bonds is 3. The number of aromatic nitrogens is 1. The third kappa shape index (κ3) is 3.53. The van der Waals surface area contributed by atoms with E-state index in [1.807, 2.05) is 12.1 Å². The number of hydrogen-bond acceptors (Lipinski definition) is 9. The first-order valence-corrected chi connectivity index (χ1v) is 10.8. The highest BCUT2D eigenvalue weighted by atomic mass is 32.3. The third-order valence-electron chi connectivity index (χ3n) is 5.69. The largest absolute Gasteiger partial charge is 0.354 e. The Balaban J connectivity index is 1.50. The summed E-state index contributed by atoms with van der Waals surface area (Å²) < 4.78 is 25.4. The smallest absolute Gasteiger partial charge is 0.179 e. The maximum Gasteiger partial charge on any atom is 0.179 e. The van der Waals surface area contributed by atoms with Gasteiger partial charge >= 0.3 is 0 Å². The molecule has 3 aliphatic heterocycles. The Kier molecular flexibility index (Phi) is 5.05. The maximum atomic E-state index is 11.0. The van der Waals surface area contributed by atoms with Gasteiger partial charge in [-0.15, -0.1) is 0 Å². The fraction of sp³-hybridized carbons (Fsp3) is 0.647. The highest BCUT2D eigenvalue weighted by molar-refractivity contribution is 8.23. The Morgan fingerprint density at radius 3 is 2.63 bits per heavy atom. The zero-order valence-corrected chi connectivity index (χ0v) is 16.4. The summed E-state index contributed by atoms with van der Waals surface area (Å²) in [5.41, 5.74) is 0.788. The van der Waals surface area contributed by atoms with E-state index in [1.54, 1.807) is 19.7 Å². The molecule has 0 radical (unpaired) electrons. The molecule has 1 aromatic heterocycles. The van der Waals surface area contributed by atoms with Crippen LogP contribution in [0.15, 0.2) is 18.3 Å². The molecule has 10 heteroatoms. The predicted octanol–water partition coefficient (Wildman–Crippen LogP) is 1.09. The van der Waals surface area contributed by atoms with Crippen molar-refractivity contribution in [3.8, 4) is 6.19 Å². The van der Waals surface area contributed by atoms with Crippen molar-refractivity contribution in [1.29, 1.82) is 5.26 Å². The van der Waals surface area contributed by atoms with E-state index in [0.29, 0.717) is 26.2 Å². The second-order valence-corrected chi connectivity index (χ2v) is 9.27. The van der Waals surface area contributed by atoms with Crippen LogP contribution in [0, 0.1) is 11.5 Å². The summed E-state index contributed by atoms with van der Waals surface area (Å²) in [6.07, 6.45) is 4.68. The predicted molar refractivity (Wildman–Crippen MR) is 106 cm³/mol. The zero-order chi connectivity index (χ0) is 19.0. The Hall–Kier alpha value is -1.77. The monoisotopic (exact) mass is 393 g/mol. The van der Waals surface area contributed by atoms with E-state index in [1.165, 1.54) is 0 Å². The average Bonchev–Trinajstić information content (AvgIpc) is 3.25. The Bertz CT molecular complexity index is 719. The quantitative estimate of drug-likeness (QED) is 0.732. The van der Waals surface area contributed by atoms with Gasteiger partial charge in [-0.1, -0.05) is 11.0 Å². The van der Waals surface area contributed by atoms with Crippen molar-refractivity contribution in [3.63, 3.8) is 0 Å². The number of piperazine rings is 1. The number of likely N-dealkylation sites (tertiary alicyclic amines) is 1. The van der Waals surface area contributed by atoms with Crippen LogP contribution in [0.2, 0.25) is 0 Å². The molecule has 2 N–H and O–H groups in total. The number of pyridine rings is 1. The van der Waals surface area contributed by atoms with Gasteiger partial charge in [0.05, 0.1) is 18.3 Å². The average molecular weight is 394 g/mol. The number of anilines is 2. The van der Waals surface area contributed by atoms with Gasteiger partial charge in [0.15, 0.2) is 6.19 Å². The van der Waals surface area contributed by atoms with Crippen LogP contribution < -0.4 is 9.21 Å². The van der Waals surface area contributed by atoms with Gasteiger partial charge in [0.1, 0.15) is 5.82 Å².